The zero-order valence-electron chi connectivity index (χ0n) is 15.5. The van der Waals surface area contributed by atoms with Gasteiger partial charge >= 0.3 is 6.03 Å². The molecule has 0 atom stereocenters. The van der Waals surface area contributed by atoms with Crippen molar-refractivity contribution in [3.63, 3.8) is 0 Å². The van der Waals surface area contributed by atoms with Crippen molar-refractivity contribution in [2.75, 3.05) is 38.6 Å². The van der Waals surface area contributed by atoms with E-state index in [0.29, 0.717) is 32.1 Å². The van der Waals surface area contributed by atoms with Crippen molar-refractivity contribution < 1.29 is 14.3 Å². The van der Waals surface area contributed by atoms with E-state index >= 15 is 0 Å². The van der Waals surface area contributed by atoms with Gasteiger partial charge in [-0.25, -0.2) is 14.8 Å². The number of carbonyl (C=O) groups excluding carboxylic acids is 2. The predicted octanol–water partition coefficient (Wildman–Crippen LogP) is 1.57. The second-order valence-electron chi connectivity index (χ2n) is 6.19. The van der Waals surface area contributed by atoms with Crippen molar-refractivity contribution in [3.8, 4) is 0 Å². The number of hydrogen-bond acceptors (Lipinski definition) is 7. The summed E-state index contributed by atoms with van der Waals surface area (Å²) in [5, 5.41) is 6.42. The van der Waals surface area contributed by atoms with Gasteiger partial charge in [0.15, 0.2) is 0 Å². The number of para-hydroxylation sites is 1. The quantitative estimate of drug-likeness (QED) is 0.413. The summed E-state index contributed by atoms with van der Waals surface area (Å²) in [4.78, 5) is 35.2. The zero-order valence-corrected chi connectivity index (χ0v) is 16.3. The van der Waals surface area contributed by atoms with Gasteiger partial charge in [0.2, 0.25) is 5.91 Å². The van der Waals surface area contributed by atoms with Crippen LogP contribution in [0.15, 0.2) is 41.9 Å². The third kappa shape index (κ3) is 5.75. The highest BCUT2D eigenvalue weighted by molar-refractivity contribution is 8.00. The van der Waals surface area contributed by atoms with Crippen LogP contribution in [0.4, 0.5) is 4.79 Å². The summed E-state index contributed by atoms with van der Waals surface area (Å²) in [5.74, 6) is 0.413. The first-order valence-electron chi connectivity index (χ1n) is 9.03. The summed E-state index contributed by atoms with van der Waals surface area (Å²) in [7, 11) is 0. The molecule has 2 heterocycles. The maximum atomic E-state index is 12.0. The number of amides is 3. The van der Waals surface area contributed by atoms with E-state index in [2.05, 4.69) is 32.1 Å². The van der Waals surface area contributed by atoms with Gasteiger partial charge in [0, 0.05) is 25.0 Å². The summed E-state index contributed by atoms with van der Waals surface area (Å²) in [6, 6.07) is 7.18. The molecule has 2 N–H and O–H groups in total. The molecule has 0 radical (unpaired) electrons. The van der Waals surface area contributed by atoms with Crippen molar-refractivity contribution >= 4 is 34.6 Å². The third-order valence-corrected chi connectivity index (χ3v) is 5.07. The monoisotopic (exact) mass is 401 g/mol. The largest absolute Gasteiger partial charge is 0.379 e. The van der Waals surface area contributed by atoms with E-state index in [-0.39, 0.29) is 11.7 Å². The number of aromatic nitrogens is 2. The van der Waals surface area contributed by atoms with E-state index in [1.54, 1.807) is 6.08 Å². The van der Waals surface area contributed by atoms with E-state index in [0.717, 1.165) is 29.0 Å². The van der Waals surface area contributed by atoms with Crippen LogP contribution in [-0.4, -0.2) is 65.4 Å². The molecule has 0 saturated carbocycles. The molecule has 0 spiro atoms. The van der Waals surface area contributed by atoms with Gasteiger partial charge in [0.1, 0.15) is 10.9 Å². The minimum atomic E-state index is -0.536. The number of imide groups is 1. The lowest BCUT2D eigenvalue weighted by atomic mass is 10.2. The van der Waals surface area contributed by atoms with Crippen molar-refractivity contribution in [2.24, 2.45) is 0 Å². The molecular formula is C19H23N5O3S. The van der Waals surface area contributed by atoms with E-state index in [9.17, 15) is 9.59 Å². The molecule has 1 saturated heterocycles. The Morgan fingerprint density at radius 2 is 2.04 bits per heavy atom. The number of hydrogen-bond donors (Lipinski definition) is 2. The lowest BCUT2D eigenvalue weighted by Crippen LogP contribution is -2.40. The second kappa shape index (κ2) is 10.2. The summed E-state index contributed by atoms with van der Waals surface area (Å²) in [6.07, 6.45) is 1.54. The Kier molecular flexibility index (Phi) is 7.35. The zero-order chi connectivity index (χ0) is 19.8. The first-order chi connectivity index (χ1) is 13.7. The van der Waals surface area contributed by atoms with Crippen LogP contribution in [0.5, 0.6) is 0 Å². The lowest BCUT2D eigenvalue weighted by molar-refractivity contribution is -0.117. The van der Waals surface area contributed by atoms with Crippen molar-refractivity contribution in [1.29, 1.82) is 0 Å². The highest BCUT2D eigenvalue weighted by atomic mass is 32.2. The normalized spacial score (nSPS) is 14.6. The van der Waals surface area contributed by atoms with Crippen LogP contribution in [0, 0.1) is 0 Å². The van der Waals surface area contributed by atoms with Crippen molar-refractivity contribution in [3.05, 3.63) is 42.7 Å². The molecule has 1 fully saturated rings. The molecule has 148 valence electrons. The number of thioether (sulfide) groups is 1. The Bertz CT molecular complexity index is 855. The van der Waals surface area contributed by atoms with Crippen LogP contribution in [0.3, 0.4) is 0 Å². The molecule has 3 amide bonds. The maximum absolute atomic E-state index is 12.0. The van der Waals surface area contributed by atoms with Gasteiger partial charge in [-0.1, -0.05) is 36.0 Å². The minimum Gasteiger partial charge on any atom is -0.379 e. The van der Waals surface area contributed by atoms with Gasteiger partial charge in [-0.2, -0.15) is 0 Å². The fraction of sp³-hybridized carbons (Fsp3) is 0.368. The number of nitrogens with zero attached hydrogens (tertiary/aromatic N) is 3. The summed E-state index contributed by atoms with van der Waals surface area (Å²) in [6.45, 7) is 7.57. The average molecular weight is 401 g/mol. The third-order valence-electron chi connectivity index (χ3n) is 4.08. The lowest BCUT2D eigenvalue weighted by Gasteiger charge is -2.25. The molecule has 1 aliphatic heterocycles. The fourth-order valence-electron chi connectivity index (χ4n) is 2.74. The van der Waals surface area contributed by atoms with Gasteiger partial charge in [-0.05, 0) is 6.07 Å². The molecule has 2 aromatic rings. The van der Waals surface area contributed by atoms with Crippen LogP contribution in [0.1, 0.15) is 5.82 Å². The Hall–Kier alpha value is -2.49. The van der Waals surface area contributed by atoms with Crippen molar-refractivity contribution in [1.82, 2.24) is 25.5 Å². The number of ether oxygens (including phenoxy) is 1. The van der Waals surface area contributed by atoms with Crippen LogP contribution >= 0.6 is 11.8 Å². The Labute approximate surface area is 167 Å². The van der Waals surface area contributed by atoms with Crippen molar-refractivity contribution in [2.45, 2.75) is 11.6 Å². The maximum Gasteiger partial charge on any atom is 0.321 e. The average Bonchev–Trinajstić information content (AvgIpc) is 2.71. The smallest absolute Gasteiger partial charge is 0.321 e. The van der Waals surface area contributed by atoms with E-state index in [1.807, 2.05) is 24.3 Å². The molecule has 1 aromatic carbocycles. The molecule has 0 aliphatic carbocycles. The number of rotatable bonds is 7. The summed E-state index contributed by atoms with van der Waals surface area (Å²) in [5.41, 5.74) is 0.840. The second-order valence-corrected chi connectivity index (χ2v) is 7.15. The molecule has 28 heavy (non-hydrogen) atoms. The van der Waals surface area contributed by atoms with Crippen LogP contribution < -0.4 is 10.6 Å². The summed E-state index contributed by atoms with van der Waals surface area (Å²) < 4.78 is 5.38. The highest BCUT2D eigenvalue weighted by Crippen LogP contribution is 2.25. The van der Waals surface area contributed by atoms with Gasteiger partial charge in [0.25, 0.3) is 0 Å². The van der Waals surface area contributed by atoms with Gasteiger partial charge in [-0.3, -0.25) is 15.0 Å². The highest BCUT2D eigenvalue weighted by Gasteiger charge is 2.16. The molecule has 1 aromatic heterocycles. The number of morpholine rings is 1. The SMILES string of the molecule is C=CCNC(=O)NC(=O)CSc1nc(CN2CCOCC2)nc2ccccc12. The molecule has 0 unspecified atom stereocenters. The Morgan fingerprint density at radius 3 is 2.82 bits per heavy atom. The molecule has 9 heteroatoms. The fourth-order valence-corrected chi connectivity index (χ4v) is 3.58. The van der Waals surface area contributed by atoms with Crippen LogP contribution in [-0.2, 0) is 16.1 Å². The number of urea groups is 1. The number of nitrogens with one attached hydrogen (secondary N) is 2. The number of fused-ring (bicyclic) bond motifs is 1. The first-order valence-corrected chi connectivity index (χ1v) is 10.0. The number of benzene rings is 1. The van der Waals surface area contributed by atoms with E-state index in [4.69, 9.17) is 4.74 Å². The van der Waals surface area contributed by atoms with E-state index < -0.39 is 6.03 Å². The van der Waals surface area contributed by atoms with Crippen LogP contribution in [0.2, 0.25) is 0 Å². The van der Waals surface area contributed by atoms with Gasteiger partial charge in [0.05, 0.1) is 31.0 Å². The predicted molar refractivity (Wildman–Crippen MR) is 108 cm³/mol. The molecule has 0 bridgehead atoms. The topological polar surface area (TPSA) is 96.5 Å². The summed E-state index contributed by atoms with van der Waals surface area (Å²) >= 11 is 1.29. The Morgan fingerprint density at radius 1 is 1.25 bits per heavy atom. The van der Waals surface area contributed by atoms with E-state index in [1.165, 1.54) is 11.8 Å². The minimum absolute atomic E-state index is 0.0828. The molecule has 1 aliphatic rings. The molecule has 3 rings (SSSR count). The van der Waals surface area contributed by atoms with Crippen LogP contribution in [0.25, 0.3) is 10.9 Å². The molecule has 8 nitrogen and oxygen atoms in total. The van der Waals surface area contributed by atoms with Gasteiger partial charge in [-0.15, -0.1) is 6.58 Å². The first kappa shape index (κ1) is 20.2. The molecular weight excluding hydrogens is 378 g/mol. The van der Waals surface area contributed by atoms with Gasteiger partial charge < -0.3 is 10.1 Å². The number of carbonyl (C=O) groups is 2. The Balaban J connectivity index is 1.69. The standard InChI is InChI=1S/C19H23N5O3S/c1-2-7-20-19(26)23-17(25)13-28-18-14-5-3-4-6-15(14)21-16(22-18)12-24-8-10-27-11-9-24/h2-6H,1,7-13H2,(H2,20,23,25,26).